The Balaban J connectivity index is 1.86. The number of carbonyl (C=O) groups excluding carboxylic acids is 2. The van der Waals surface area contributed by atoms with Gasteiger partial charge in [-0.1, -0.05) is 37.3 Å². The predicted octanol–water partition coefficient (Wildman–Crippen LogP) is 3.25. The van der Waals surface area contributed by atoms with Crippen LogP contribution in [0.2, 0.25) is 0 Å². The summed E-state index contributed by atoms with van der Waals surface area (Å²) in [6.45, 7) is 2.18. The molecule has 1 aromatic rings. The third kappa shape index (κ3) is 4.81. The molecule has 1 aromatic carbocycles. The zero-order valence-corrected chi connectivity index (χ0v) is 14.1. The molecule has 126 valence electrons. The first-order valence-corrected chi connectivity index (χ1v) is 8.49. The van der Waals surface area contributed by atoms with E-state index in [1.54, 1.807) is 0 Å². The highest BCUT2D eigenvalue weighted by atomic mass is 16.5. The lowest BCUT2D eigenvalue weighted by Gasteiger charge is -2.37. The van der Waals surface area contributed by atoms with Gasteiger partial charge in [-0.3, -0.25) is 4.79 Å². The predicted molar refractivity (Wildman–Crippen MR) is 89.9 cm³/mol. The second-order valence-corrected chi connectivity index (χ2v) is 6.64. The molecule has 0 atom stereocenters. The maximum absolute atomic E-state index is 12.3. The molecule has 1 saturated carbocycles. The largest absolute Gasteiger partial charge is 0.467 e. The summed E-state index contributed by atoms with van der Waals surface area (Å²) in [7, 11) is 1.39. The lowest BCUT2D eigenvalue weighted by atomic mass is 9.77. The van der Waals surface area contributed by atoms with Crippen LogP contribution in [0.15, 0.2) is 30.3 Å². The molecule has 4 heteroatoms. The van der Waals surface area contributed by atoms with Crippen LogP contribution < -0.4 is 5.32 Å². The Labute approximate surface area is 138 Å². The minimum Gasteiger partial charge on any atom is -0.467 e. The zero-order valence-electron chi connectivity index (χ0n) is 14.1. The first kappa shape index (κ1) is 17.5. The first-order valence-electron chi connectivity index (χ1n) is 8.49. The SMILES string of the molecule is COC(=O)C1(NC(=O)CCCc2ccccc2)CCC(C)CC1. The van der Waals surface area contributed by atoms with Crippen LogP contribution in [-0.4, -0.2) is 24.5 Å². The van der Waals surface area contributed by atoms with Gasteiger partial charge in [0.2, 0.25) is 5.91 Å². The van der Waals surface area contributed by atoms with E-state index in [-0.39, 0.29) is 11.9 Å². The van der Waals surface area contributed by atoms with Gasteiger partial charge in [0.15, 0.2) is 0 Å². The minimum absolute atomic E-state index is 0.0547. The number of carbonyl (C=O) groups is 2. The van der Waals surface area contributed by atoms with Gasteiger partial charge in [-0.25, -0.2) is 4.79 Å². The molecule has 0 spiro atoms. The number of methoxy groups -OCH3 is 1. The summed E-state index contributed by atoms with van der Waals surface area (Å²) in [5.74, 6) is 0.240. The normalized spacial score (nSPS) is 24.0. The molecule has 1 aliphatic carbocycles. The second-order valence-electron chi connectivity index (χ2n) is 6.64. The van der Waals surface area contributed by atoms with Crippen molar-refractivity contribution in [2.45, 2.75) is 57.4 Å². The van der Waals surface area contributed by atoms with E-state index in [0.29, 0.717) is 25.2 Å². The zero-order chi connectivity index (χ0) is 16.7. The lowest BCUT2D eigenvalue weighted by Crippen LogP contribution is -2.56. The molecule has 4 nitrogen and oxygen atoms in total. The Bertz CT molecular complexity index is 519. The summed E-state index contributed by atoms with van der Waals surface area (Å²) >= 11 is 0. The fourth-order valence-corrected chi connectivity index (χ4v) is 3.26. The number of hydrogen-bond donors (Lipinski definition) is 1. The van der Waals surface area contributed by atoms with Crippen molar-refractivity contribution >= 4 is 11.9 Å². The number of benzene rings is 1. The maximum Gasteiger partial charge on any atom is 0.331 e. The molecular weight excluding hydrogens is 290 g/mol. The minimum atomic E-state index is -0.814. The van der Waals surface area contributed by atoms with Gasteiger partial charge in [0.1, 0.15) is 5.54 Å². The molecule has 0 aliphatic heterocycles. The third-order valence-electron chi connectivity index (χ3n) is 4.79. The monoisotopic (exact) mass is 317 g/mol. The molecule has 1 N–H and O–H groups in total. The van der Waals surface area contributed by atoms with Crippen LogP contribution in [0.3, 0.4) is 0 Å². The Hall–Kier alpha value is -1.84. The Morgan fingerprint density at radius 2 is 1.87 bits per heavy atom. The van der Waals surface area contributed by atoms with Crippen molar-refractivity contribution in [2.24, 2.45) is 5.92 Å². The standard InChI is InChI=1S/C19H27NO3/c1-15-11-13-19(14-12-15,18(22)23-2)20-17(21)10-6-9-16-7-4-3-5-8-16/h3-5,7-8,15H,6,9-14H2,1-2H3,(H,20,21). The highest BCUT2D eigenvalue weighted by molar-refractivity contribution is 5.88. The lowest BCUT2D eigenvalue weighted by molar-refractivity contribution is -0.153. The van der Waals surface area contributed by atoms with Crippen molar-refractivity contribution < 1.29 is 14.3 Å². The average molecular weight is 317 g/mol. The van der Waals surface area contributed by atoms with Crippen molar-refractivity contribution in [3.05, 3.63) is 35.9 Å². The number of esters is 1. The van der Waals surface area contributed by atoms with Gasteiger partial charge >= 0.3 is 5.97 Å². The van der Waals surface area contributed by atoms with E-state index in [9.17, 15) is 9.59 Å². The topological polar surface area (TPSA) is 55.4 Å². The van der Waals surface area contributed by atoms with Crippen LogP contribution in [0.4, 0.5) is 0 Å². The van der Waals surface area contributed by atoms with Crippen molar-refractivity contribution in [1.29, 1.82) is 0 Å². The Morgan fingerprint density at radius 1 is 1.22 bits per heavy atom. The van der Waals surface area contributed by atoms with Crippen LogP contribution in [0.5, 0.6) is 0 Å². The fourth-order valence-electron chi connectivity index (χ4n) is 3.26. The number of rotatable bonds is 6. The first-order chi connectivity index (χ1) is 11.1. The van der Waals surface area contributed by atoms with E-state index in [0.717, 1.165) is 25.7 Å². The summed E-state index contributed by atoms with van der Waals surface area (Å²) in [6, 6.07) is 10.1. The molecule has 0 radical (unpaired) electrons. The van der Waals surface area contributed by atoms with Gasteiger partial charge < -0.3 is 10.1 Å². The van der Waals surface area contributed by atoms with E-state index in [2.05, 4.69) is 24.4 Å². The molecule has 1 fully saturated rings. The molecule has 23 heavy (non-hydrogen) atoms. The number of hydrogen-bond acceptors (Lipinski definition) is 3. The van der Waals surface area contributed by atoms with E-state index in [1.807, 2.05) is 18.2 Å². The van der Waals surface area contributed by atoms with E-state index in [4.69, 9.17) is 4.74 Å². The molecule has 1 amide bonds. The van der Waals surface area contributed by atoms with E-state index < -0.39 is 5.54 Å². The van der Waals surface area contributed by atoms with Crippen LogP contribution in [0.25, 0.3) is 0 Å². The highest BCUT2D eigenvalue weighted by Gasteiger charge is 2.43. The molecular formula is C19H27NO3. The van der Waals surface area contributed by atoms with Gasteiger partial charge in [0, 0.05) is 6.42 Å². The highest BCUT2D eigenvalue weighted by Crippen LogP contribution is 2.33. The van der Waals surface area contributed by atoms with E-state index >= 15 is 0 Å². The number of nitrogens with one attached hydrogen (secondary N) is 1. The molecule has 2 rings (SSSR count). The summed E-state index contributed by atoms with van der Waals surface area (Å²) in [6.07, 6.45) is 5.32. The van der Waals surface area contributed by atoms with Gasteiger partial charge in [-0.15, -0.1) is 0 Å². The molecule has 0 saturated heterocycles. The number of ether oxygens (including phenoxy) is 1. The summed E-state index contributed by atoms with van der Waals surface area (Å²) in [4.78, 5) is 24.5. The van der Waals surface area contributed by atoms with Gasteiger partial charge in [0.25, 0.3) is 0 Å². The summed E-state index contributed by atoms with van der Waals surface area (Å²) in [5, 5.41) is 2.98. The van der Waals surface area contributed by atoms with Crippen molar-refractivity contribution in [1.82, 2.24) is 5.32 Å². The van der Waals surface area contributed by atoms with Crippen molar-refractivity contribution in [3.8, 4) is 0 Å². The molecule has 0 heterocycles. The molecule has 1 aliphatic rings. The summed E-state index contributed by atoms with van der Waals surface area (Å²) < 4.78 is 4.95. The second kappa shape index (κ2) is 8.14. The van der Waals surface area contributed by atoms with Gasteiger partial charge in [-0.05, 0) is 50.0 Å². The Morgan fingerprint density at radius 3 is 2.48 bits per heavy atom. The van der Waals surface area contributed by atoms with Crippen LogP contribution in [0.1, 0.15) is 51.0 Å². The Kier molecular flexibility index (Phi) is 6.20. The third-order valence-corrected chi connectivity index (χ3v) is 4.79. The average Bonchev–Trinajstić information content (AvgIpc) is 2.57. The quantitative estimate of drug-likeness (QED) is 0.819. The number of aryl methyl sites for hydroxylation is 1. The van der Waals surface area contributed by atoms with Crippen LogP contribution in [-0.2, 0) is 20.7 Å². The number of amides is 1. The van der Waals surface area contributed by atoms with Crippen molar-refractivity contribution in [3.63, 3.8) is 0 Å². The van der Waals surface area contributed by atoms with Gasteiger partial charge in [0.05, 0.1) is 7.11 Å². The van der Waals surface area contributed by atoms with Crippen LogP contribution in [0, 0.1) is 5.92 Å². The van der Waals surface area contributed by atoms with Crippen LogP contribution >= 0.6 is 0 Å². The fraction of sp³-hybridized carbons (Fsp3) is 0.579. The van der Waals surface area contributed by atoms with Gasteiger partial charge in [-0.2, -0.15) is 0 Å². The molecule has 0 bridgehead atoms. The van der Waals surface area contributed by atoms with E-state index in [1.165, 1.54) is 12.7 Å². The summed E-state index contributed by atoms with van der Waals surface area (Å²) in [5.41, 5.74) is 0.417. The smallest absolute Gasteiger partial charge is 0.331 e. The van der Waals surface area contributed by atoms with Crippen molar-refractivity contribution in [2.75, 3.05) is 7.11 Å². The molecule has 0 unspecified atom stereocenters. The maximum atomic E-state index is 12.3. The molecule has 0 aromatic heterocycles.